The molecule has 0 radical (unpaired) electrons. The van der Waals surface area contributed by atoms with Crippen molar-refractivity contribution in [3.8, 4) is 11.8 Å². The molecule has 11 heteroatoms. The number of aliphatic imine (C=N–C) groups is 1. The van der Waals surface area contributed by atoms with Crippen molar-refractivity contribution in [2.75, 3.05) is 11.1 Å². The topological polar surface area (TPSA) is 137 Å². The zero-order valence-corrected chi connectivity index (χ0v) is 23.2. The highest BCUT2D eigenvalue weighted by Gasteiger charge is 2.21. The maximum atomic E-state index is 13.7. The molecule has 1 unspecified atom stereocenters. The molecule has 1 atom stereocenters. The monoisotopic (exact) mass is 543 g/mol. The van der Waals surface area contributed by atoms with Gasteiger partial charge in [0.25, 0.3) is 5.56 Å². The summed E-state index contributed by atoms with van der Waals surface area (Å²) in [5.41, 5.74) is 7.35. The molecular weight excluding hydrogens is 514 g/mol. The Hall–Kier alpha value is -4.62. The molecule has 4 rings (SSSR count). The van der Waals surface area contributed by atoms with Gasteiger partial charge in [0.15, 0.2) is 0 Å². The van der Waals surface area contributed by atoms with Crippen LogP contribution in [0.3, 0.4) is 0 Å². The van der Waals surface area contributed by atoms with Crippen molar-refractivity contribution in [1.82, 2.24) is 29.5 Å². The lowest BCUT2D eigenvalue weighted by molar-refractivity contribution is 0.728. The number of nitrogens with zero attached hydrogens (tertiary/aromatic N) is 7. The molecule has 10 nitrogen and oxygen atoms in total. The summed E-state index contributed by atoms with van der Waals surface area (Å²) in [4.78, 5) is 39.4. The number of nitrogens with two attached hydrogens (primary N) is 1. The quantitative estimate of drug-likeness (QED) is 0.253. The molecule has 3 heterocycles. The van der Waals surface area contributed by atoms with E-state index in [1.165, 1.54) is 10.9 Å². The number of rotatable bonds is 6. The molecule has 0 saturated carbocycles. The van der Waals surface area contributed by atoms with E-state index in [9.17, 15) is 4.79 Å². The molecule has 0 bridgehead atoms. The van der Waals surface area contributed by atoms with Gasteiger partial charge in [-0.15, -0.1) is 0 Å². The Morgan fingerprint density at radius 3 is 2.62 bits per heavy atom. The number of allylic oxidation sites excluding steroid dienone is 1. The van der Waals surface area contributed by atoms with Crippen LogP contribution >= 0.6 is 11.6 Å². The summed E-state index contributed by atoms with van der Waals surface area (Å²) in [7, 11) is 0. The Labute approximate surface area is 232 Å². The van der Waals surface area contributed by atoms with Gasteiger partial charge in [0.1, 0.15) is 29.4 Å². The minimum absolute atomic E-state index is 0.190. The van der Waals surface area contributed by atoms with E-state index >= 15 is 0 Å². The Morgan fingerprint density at radius 1 is 1.18 bits per heavy atom. The number of benzene rings is 1. The molecule has 39 heavy (non-hydrogen) atoms. The van der Waals surface area contributed by atoms with Crippen LogP contribution < -0.4 is 16.6 Å². The van der Waals surface area contributed by atoms with Crippen molar-refractivity contribution in [3.63, 3.8) is 0 Å². The number of nitrogens with one attached hydrogen (secondary N) is 1. The summed E-state index contributed by atoms with van der Waals surface area (Å²) < 4.78 is 1.53. The zero-order valence-electron chi connectivity index (χ0n) is 22.5. The average Bonchev–Trinajstić information content (AvgIpc) is 2.95. The van der Waals surface area contributed by atoms with Gasteiger partial charge in [-0.25, -0.2) is 24.9 Å². The first kappa shape index (κ1) is 28.9. The van der Waals surface area contributed by atoms with Gasteiger partial charge in [-0.05, 0) is 44.4 Å². The summed E-state index contributed by atoms with van der Waals surface area (Å²) in [6.07, 6.45) is 8.35. The van der Waals surface area contributed by atoms with Crippen LogP contribution in [0.2, 0.25) is 5.02 Å². The fourth-order valence-electron chi connectivity index (χ4n) is 3.63. The van der Waals surface area contributed by atoms with Crippen molar-refractivity contribution in [2.24, 2.45) is 4.99 Å². The fourth-order valence-corrected chi connectivity index (χ4v) is 3.88. The van der Waals surface area contributed by atoms with Crippen molar-refractivity contribution >= 4 is 46.1 Å². The molecule has 0 spiro atoms. The summed E-state index contributed by atoms with van der Waals surface area (Å²) in [5, 5.41) is 3.95. The van der Waals surface area contributed by atoms with Crippen molar-refractivity contribution in [1.29, 1.82) is 0 Å². The number of hydrogen-bond donors (Lipinski definition) is 2. The molecule has 1 aromatic carbocycles. The lowest BCUT2D eigenvalue weighted by Crippen LogP contribution is -2.28. The van der Waals surface area contributed by atoms with Gasteiger partial charge in [0.2, 0.25) is 5.82 Å². The van der Waals surface area contributed by atoms with Gasteiger partial charge in [0.05, 0.1) is 22.0 Å². The number of nitrogen functional groups attached to an aromatic ring is 1. The second-order valence-corrected chi connectivity index (χ2v) is 8.20. The van der Waals surface area contributed by atoms with Crippen molar-refractivity contribution in [3.05, 3.63) is 81.8 Å². The fraction of sp³-hybridized carbons (Fsp3) is 0.250. The van der Waals surface area contributed by atoms with Gasteiger partial charge in [-0.3, -0.25) is 14.4 Å². The van der Waals surface area contributed by atoms with Crippen LogP contribution in [0.4, 0.5) is 11.6 Å². The maximum Gasteiger partial charge on any atom is 0.267 e. The van der Waals surface area contributed by atoms with E-state index in [-0.39, 0.29) is 11.4 Å². The van der Waals surface area contributed by atoms with E-state index in [2.05, 4.69) is 42.1 Å². The molecule has 200 valence electrons. The summed E-state index contributed by atoms with van der Waals surface area (Å²) >= 11 is 6.40. The van der Waals surface area contributed by atoms with Crippen molar-refractivity contribution < 1.29 is 0 Å². The highest BCUT2D eigenvalue weighted by atomic mass is 35.5. The Kier molecular flexibility index (Phi) is 10.2. The lowest BCUT2D eigenvalue weighted by atomic mass is 10.2. The molecule has 0 fully saturated rings. The predicted molar refractivity (Wildman–Crippen MR) is 158 cm³/mol. The number of aromatic nitrogens is 6. The molecule has 3 aromatic heterocycles. The van der Waals surface area contributed by atoms with E-state index in [1.807, 2.05) is 27.7 Å². The smallest absolute Gasteiger partial charge is 0.267 e. The van der Waals surface area contributed by atoms with Crippen LogP contribution in [0.25, 0.3) is 16.6 Å². The van der Waals surface area contributed by atoms with Gasteiger partial charge >= 0.3 is 0 Å². The first-order valence-electron chi connectivity index (χ1n) is 12.5. The molecule has 0 aliphatic rings. The van der Waals surface area contributed by atoms with Crippen LogP contribution in [0.15, 0.2) is 59.0 Å². The van der Waals surface area contributed by atoms with E-state index in [4.69, 9.17) is 22.3 Å². The molecule has 0 aliphatic heterocycles. The van der Waals surface area contributed by atoms with E-state index < -0.39 is 6.04 Å². The largest absolute Gasteiger partial charge is 0.382 e. The first-order valence-corrected chi connectivity index (χ1v) is 12.9. The SMILES string of the molecule is CC.CC=N/C=C(\CC)n1c(C(C)Nc2ncnc(N)c2C#Cc2ncccn2)nc2cccc(Cl)c2c1=O. The van der Waals surface area contributed by atoms with Crippen LogP contribution in [0.1, 0.15) is 64.3 Å². The maximum absolute atomic E-state index is 13.7. The minimum atomic E-state index is -0.500. The van der Waals surface area contributed by atoms with Crippen LogP contribution in [-0.4, -0.2) is 35.7 Å². The Balaban J connectivity index is 0.00000205. The van der Waals surface area contributed by atoms with Gasteiger partial charge in [-0.2, -0.15) is 0 Å². The third-order valence-electron chi connectivity index (χ3n) is 5.38. The predicted octanol–water partition coefficient (Wildman–Crippen LogP) is 5.11. The summed E-state index contributed by atoms with van der Waals surface area (Å²) in [5.74, 6) is 7.18. The van der Waals surface area contributed by atoms with Crippen LogP contribution in [-0.2, 0) is 0 Å². The third kappa shape index (κ3) is 6.64. The minimum Gasteiger partial charge on any atom is -0.382 e. The highest BCUT2D eigenvalue weighted by molar-refractivity contribution is 6.35. The van der Waals surface area contributed by atoms with Crippen LogP contribution in [0.5, 0.6) is 0 Å². The zero-order chi connectivity index (χ0) is 28.4. The molecule has 0 saturated heterocycles. The van der Waals surface area contributed by atoms with E-state index in [1.54, 1.807) is 56.0 Å². The normalized spacial score (nSPS) is 11.9. The standard InChI is InChI=1S/C26H24ClN9O.C2H6/c1-4-17(14-29-5-2)36-25(35-20-9-6-8-19(27)22(20)26(36)37)16(3)34-24-18(23(28)32-15-33-24)10-11-21-30-12-7-13-31-21;1-2/h5-9,12-16H,4H2,1-3H3,(H3,28,32,33,34);1-2H3/b17-14+,29-5?;. The first-order chi connectivity index (χ1) is 18.9. The molecule has 0 amide bonds. The average molecular weight is 544 g/mol. The molecule has 3 N–H and O–H groups in total. The van der Waals surface area contributed by atoms with Gasteiger partial charge in [0, 0.05) is 30.5 Å². The van der Waals surface area contributed by atoms with Gasteiger partial charge < -0.3 is 11.1 Å². The van der Waals surface area contributed by atoms with Gasteiger partial charge in [-0.1, -0.05) is 44.4 Å². The van der Waals surface area contributed by atoms with E-state index in [0.29, 0.717) is 51.1 Å². The Bertz CT molecular complexity index is 1620. The second-order valence-electron chi connectivity index (χ2n) is 7.80. The summed E-state index contributed by atoms with van der Waals surface area (Å²) in [6, 6.07) is 6.38. The molecule has 4 aromatic rings. The molecular formula is C28H30ClN9O. The highest BCUT2D eigenvalue weighted by Crippen LogP contribution is 2.26. The number of fused-ring (bicyclic) bond motifs is 1. The number of halogens is 1. The van der Waals surface area contributed by atoms with Crippen molar-refractivity contribution in [2.45, 2.75) is 47.1 Å². The summed E-state index contributed by atoms with van der Waals surface area (Å²) in [6.45, 7) is 9.60. The van der Waals surface area contributed by atoms with Crippen LogP contribution in [0, 0.1) is 11.8 Å². The number of hydrogen-bond acceptors (Lipinski definition) is 9. The van der Waals surface area contributed by atoms with E-state index in [0.717, 1.165) is 0 Å². The number of anilines is 2. The second kappa shape index (κ2) is 13.8. The lowest BCUT2D eigenvalue weighted by Gasteiger charge is -2.21. The molecule has 0 aliphatic carbocycles. The third-order valence-corrected chi connectivity index (χ3v) is 5.69. The Morgan fingerprint density at radius 2 is 1.92 bits per heavy atom.